The van der Waals surface area contributed by atoms with Crippen molar-refractivity contribution < 1.29 is 9.90 Å². The summed E-state index contributed by atoms with van der Waals surface area (Å²) in [5.74, 6) is -0.777. The molecule has 1 heterocycles. The molecule has 2 atom stereocenters. The Hall–Kier alpha value is -2.24. The summed E-state index contributed by atoms with van der Waals surface area (Å²) >= 11 is 1.50. The molecule has 2 unspecified atom stereocenters. The van der Waals surface area contributed by atoms with Gasteiger partial charge in [0.05, 0.1) is 5.25 Å². The van der Waals surface area contributed by atoms with Gasteiger partial charge in [0.15, 0.2) is 0 Å². The number of hydrogen-bond acceptors (Lipinski definition) is 3. The van der Waals surface area contributed by atoms with E-state index < -0.39 is 11.2 Å². The average molecular weight is 439 g/mol. The summed E-state index contributed by atoms with van der Waals surface area (Å²) in [6.45, 7) is 9.47. The van der Waals surface area contributed by atoms with Crippen molar-refractivity contribution in [1.29, 1.82) is 0 Å². The van der Waals surface area contributed by atoms with Crippen LogP contribution in [0.1, 0.15) is 55.7 Å². The molecule has 0 saturated carbocycles. The number of nitrogens with zero attached hydrogens (tertiary/aromatic N) is 1. The summed E-state index contributed by atoms with van der Waals surface area (Å²) < 4.78 is 0. The molecule has 0 aliphatic carbocycles. The molecule has 0 amide bonds. The van der Waals surface area contributed by atoms with Gasteiger partial charge in [-0.3, -0.25) is 4.79 Å². The fourth-order valence-corrected chi connectivity index (χ4v) is 5.33. The van der Waals surface area contributed by atoms with E-state index in [0.717, 1.165) is 55.7 Å². The van der Waals surface area contributed by atoms with Crippen LogP contribution in [0, 0.1) is 0 Å². The highest BCUT2D eigenvalue weighted by atomic mass is 32.2. The van der Waals surface area contributed by atoms with Crippen LogP contribution in [0.5, 0.6) is 0 Å². The van der Waals surface area contributed by atoms with Crippen molar-refractivity contribution in [3.05, 3.63) is 71.4 Å². The number of carboxylic acids is 1. The SMILES string of the molecule is CCCN(CCC)CCc1c(C(SC(C)C(=O)O)c2ccccc2)[nH]c2ccccc12. The molecule has 0 saturated heterocycles. The molecule has 1 aromatic heterocycles. The lowest BCUT2D eigenvalue weighted by atomic mass is 10.0. The quantitative estimate of drug-likeness (QED) is 0.357. The molecule has 0 radical (unpaired) electrons. The van der Waals surface area contributed by atoms with Crippen LogP contribution in [0.2, 0.25) is 0 Å². The van der Waals surface area contributed by atoms with Gasteiger partial charge in [0.2, 0.25) is 0 Å². The first kappa shape index (κ1) is 23.4. The molecule has 0 aliphatic rings. The molecule has 0 aliphatic heterocycles. The van der Waals surface area contributed by atoms with Crippen LogP contribution in [0.25, 0.3) is 10.9 Å². The average Bonchev–Trinajstić information content (AvgIpc) is 3.14. The number of aliphatic carboxylic acids is 1. The highest BCUT2D eigenvalue weighted by molar-refractivity contribution is 8.01. The van der Waals surface area contributed by atoms with Crippen molar-refractivity contribution in [3.8, 4) is 0 Å². The van der Waals surface area contributed by atoms with E-state index in [4.69, 9.17) is 0 Å². The fraction of sp³-hybridized carbons (Fsp3) is 0.423. The number of hydrogen-bond donors (Lipinski definition) is 2. The summed E-state index contributed by atoms with van der Waals surface area (Å²) in [7, 11) is 0. The standard InChI is InChI=1S/C26H34N2O2S/c1-4-16-28(17-5-2)18-15-22-21-13-9-10-14-23(21)27-24(22)25(31-19(3)26(29)30)20-11-7-6-8-12-20/h6-14,19,25,27H,4-5,15-18H2,1-3H3,(H,29,30). The molecule has 5 heteroatoms. The lowest BCUT2D eigenvalue weighted by Gasteiger charge is -2.23. The maximum Gasteiger partial charge on any atom is 0.316 e. The Morgan fingerprint density at radius 2 is 1.65 bits per heavy atom. The second-order valence-corrected chi connectivity index (χ2v) is 9.51. The number of thioether (sulfide) groups is 1. The van der Waals surface area contributed by atoms with Gasteiger partial charge in [-0.25, -0.2) is 0 Å². The van der Waals surface area contributed by atoms with E-state index >= 15 is 0 Å². The Morgan fingerprint density at radius 3 is 2.29 bits per heavy atom. The molecule has 2 aromatic carbocycles. The lowest BCUT2D eigenvalue weighted by molar-refractivity contribution is -0.136. The van der Waals surface area contributed by atoms with E-state index in [1.54, 1.807) is 6.92 Å². The van der Waals surface area contributed by atoms with Crippen molar-refractivity contribution in [2.45, 2.75) is 50.5 Å². The second kappa shape index (κ2) is 11.4. The zero-order valence-corrected chi connectivity index (χ0v) is 19.6. The van der Waals surface area contributed by atoms with Gasteiger partial charge in [-0.1, -0.05) is 62.4 Å². The number of carboxylic acid groups (broad SMARTS) is 1. The largest absolute Gasteiger partial charge is 0.480 e. The van der Waals surface area contributed by atoms with E-state index in [2.05, 4.69) is 60.1 Å². The van der Waals surface area contributed by atoms with Crippen LogP contribution < -0.4 is 0 Å². The Morgan fingerprint density at radius 1 is 1.00 bits per heavy atom. The van der Waals surface area contributed by atoms with Gasteiger partial charge in [-0.05, 0) is 56.5 Å². The Labute approximate surface area is 190 Å². The fourth-order valence-electron chi connectivity index (χ4n) is 4.16. The van der Waals surface area contributed by atoms with Crippen LogP contribution in [0.3, 0.4) is 0 Å². The molecule has 0 bridgehead atoms. The third kappa shape index (κ3) is 5.92. The highest BCUT2D eigenvalue weighted by Gasteiger charge is 2.26. The number of rotatable bonds is 12. The van der Waals surface area contributed by atoms with Gasteiger partial charge in [0.1, 0.15) is 5.25 Å². The molecular weight excluding hydrogens is 404 g/mol. The third-order valence-corrected chi connectivity index (χ3v) is 7.05. The van der Waals surface area contributed by atoms with Crippen molar-refractivity contribution in [2.24, 2.45) is 0 Å². The van der Waals surface area contributed by atoms with E-state index in [1.807, 2.05) is 18.2 Å². The molecule has 2 N–H and O–H groups in total. The normalized spacial score (nSPS) is 13.5. The lowest BCUT2D eigenvalue weighted by Crippen LogP contribution is -2.28. The van der Waals surface area contributed by atoms with Crippen molar-refractivity contribution in [1.82, 2.24) is 9.88 Å². The number of aromatic amines is 1. The minimum atomic E-state index is -0.777. The second-order valence-electron chi connectivity index (χ2n) is 8.06. The topological polar surface area (TPSA) is 56.3 Å². The predicted molar refractivity (Wildman–Crippen MR) is 132 cm³/mol. The zero-order chi connectivity index (χ0) is 22.2. The first-order valence-electron chi connectivity index (χ1n) is 11.3. The Kier molecular flexibility index (Phi) is 8.61. The number of H-pyrrole nitrogens is 1. The maximum absolute atomic E-state index is 11.7. The number of aromatic nitrogens is 1. The van der Waals surface area contributed by atoms with Crippen LogP contribution in [-0.4, -0.2) is 45.8 Å². The minimum Gasteiger partial charge on any atom is -0.480 e. The van der Waals surface area contributed by atoms with E-state index in [1.165, 1.54) is 22.7 Å². The third-order valence-electron chi connectivity index (χ3n) is 5.66. The highest BCUT2D eigenvalue weighted by Crippen LogP contribution is 2.41. The van der Waals surface area contributed by atoms with Gasteiger partial charge in [-0.15, -0.1) is 11.8 Å². The number of para-hydroxylation sites is 1. The first-order valence-corrected chi connectivity index (χ1v) is 12.2. The zero-order valence-electron chi connectivity index (χ0n) is 18.8. The summed E-state index contributed by atoms with van der Waals surface area (Å²) in [5, 5.41) is 10.3. The summed E-state index contributed by atoms with van der Waals surface area (Å²) in [6.07, 6.45) is 3.25. The molecule has 0 fully saturated rings. The van der Waals surface area contributed by atoms with Crippen molar-refractivity contribution in [2.75, 3.05) is 19.6 Å². The van der Waals surface area contributed by atoms with Gasteiger partial charge in [0.25, 0.3) is 0 Å². The Balaban J connectivity index is 2.03. The molecule has 31 heavy (non-hydrogen) atoms. The van der Waals surface area contributed by atoms with Crippen LogP contribution in [-0.2, 0) is 11.2 Å². The molecule has 4 nitrogen and oxygen atoms in total. The van der Waals surface area contributed by atoms with Crippen LogP contribution >= 0.6 is 11.8 Å². The van der Waals surface area contributed by atoms with Gasteiger partial charge in [0, 0.05) is 23.1 Å². The molecule has 166 valence electrons. The number of carbonyl (C=O) groups is 1. The Bertz CT molecular complexity index is 964. The van der Waals surface area contributed by atoms with Crippen molar-refractivity contribution in [3.63, 3.8) is 0 Å². The monoisotopic (exact) mass is 438 g/mol. The predicted octanol–water partition coefficient (Wildman–Crippen LogP) is 6.13. The van der Waals surface area contributed by atoms with E-state index in [0.29, 0.717) is 0 Å². The summed E-state index contributed by atoms with van der Waals surface area (Å²) in [5.41, 5.74) is 4.70. The van der Waals surface area contributed by atoms with Gasteiger partial charge in [-0.2, -0.15) is 0 Å². The van der Waals surface area contributed by atoms with Crippen LogP contribution in [0.15, 0.2) is 54.6 Å². The summed E-state index contributed by atoms with van der Waals surface area (Å²) in [4.78, 5) is 17.9. The molecular formula is C26H34N2O2S. The maximum atomic E-state index is 11.7. The van der Waals surface area contributed by atoms with Crippen molar-refractivity contribution >= 4 is 28.6 Å². The van der Waals surface area contributed by atoms with E-state index in [9.17, 15) is 9.90 Å². The molecule has 3 rings (SSSR count). The smallest absolute Gasteiger partial charge is 0.316 e. The molecule has 0 spiro atoms. The van der Waals surface area contributed by atoms with E-state index in [-0.39, 0.29) is 5.25 Å². The summed E-state index contributed by atoms with van der Waals surface area (Å²) in [6, 6.07) is 18.7. The first-order chi connectivity index (χ1) is 15.0. The number of fused-ring (bicyclic) bond motifs is 1. The minimum absolute atomic E-state index is 0.0551. The van der Waals surface area contributed by atoms with Crippen LogP contribution in [0.4, 0.5) is 0 Å². The molecule has 3 aromatic rings. The van der Waals surface area contributed by atoms with Gasteiger partial charge >= 0.3 is 5.97 Å². The number of benzene rings is 2. The number of nitrogens with one attached hydrogen (secondary N) is 1. The van der Waals surface area contributed by atoms with Gasteiger partial charge < -0.3 is 15.0 Å².